The molecular formula is C34H52N4O4. The van der Waals surface area contributed by atoms with E-state index < -0.39 is 12.1 Å². The van der Waals surface area contributed by atoms with Crippen molar-refractivity contribution in [3.05, 3.63) is 65.2 Å². The van der Waals surface area contributed by atoms with Crippen molar-refractivity contribution in [2.75, 3.05) is 20.1 Å². The van der Waals surface area contributed by atoms with E-state index in [-0.39, 0.29) is 30.7 Å². The Kier molecular flexibility index (Phi) is 15.1. The van der Waals surface area contributed by atoms with Crippen LogP contribution in [0.4, 0.5) is 0 Å². The number of carbonyl (C=O) groups is 3. The van der Waals surface area contributed by atoms with E-state index in [0.29, 0.717) is 30.6 Å². The summed E-state index contributed by atoms with van der Waals surface area (Å²) < 4.78 is 0. The molecule has 5 N–H and O–H groups in total. The molecule has 2 aromatic rings. The number of amides is 3. The SMILES string of the molecule is CC.CCc1ccc(O)cc1.CNC(=O)CNC(=O)[C@@H]1CC(C2CCCCC2)CN1C(=O)CC(N)c1ccccc1C. The molecule has 1 heterocycles. The van der Waals surface area contributed by atoms with Gasteiger partial charge in [0.1, 0.15) is 11.8 Å². The summed E-state index contributed by atoms with van der Waals surface area (Å²) in [6.45, 7) is 8.60. The Bertz CT molecular complexity index is 1110. The average molecular weight is 581 g/mol. The second-order valence-electron chi connectivity index (χ2n) is 11.0. The minimum atomic E-state index is -0.534. The molecule has 8 nitrogen and oxygen atoms in total. The number of phenolic OH excluding ortho intramolecular Hbond substituents is 1. The van der Waals surface area contributed by atoms with Gasteiger partial charge in [0.2, 0.25) is 17.7 Å². The summed E-state index contributed by atoms with van der Waals surface area (Å²) in [5.74, 6) is 0.635. The fraction of sp³-hybridized carbons (Fsp3) is 0.559. The first-order valence-electron chi connectivity index (χ1n) is 15.6. The lowest BCUT2D eigenvalue weighted by atomic mass is 9.79. The van der Waals surface area contributed by atoms with Crippen molar-refractivity contribution >= 4 is 17.7 Å². The predicted molar refractivity (Wildman–Crippen MR) is 169 cm³/mol. The highest BCUT2D eigenvalue weighted by Gasteiger charge is 2.42. The lowest BCUT2D eigenvalue weighted by molar-refractivity contribution is -0.139. The number of likely N-dealkylation sites (N-methyl/N-ethyl adjacent to an activating group) is 1. The molecule has 1 saturated heterocycles. The summed E-state index contributed by atoms with van der Waals surface area (Å²) in [6, 6.07) is 14.2. The fourth-order valence-corrected chi connectivity index (χ4v) is 5.86. The topological polar surface area (TPSA) is 125 Å². The molecule has 3 amide bonds. The molecule has 232 valence electrons. The summed E-state index contributed by atoms with van der Waals surface area (Å²) in [5, 5.41) is 14.1. The highest BCUT2D eigenvalue weighted by molar-refractivity contribution is 5.91. The molecule has 4 rings (SSSR count). The molecule has 2 aromatic carbocycles. The van der Waals surface area contributed by atoms with Crippen LogP contribution in [0.3, 0.4) is 0 Å². The van der Waals surface area contributed by atoms with Crippen molar-refractivity contribution < 1.29 is 19.5 Å². The first kappa shape index (κ1) is 34.8. The minimum absolute atomic E-state index is 0.0787. The maximum Gasteiger partial charge on any atom is 0.243 e. The van der Waals surface area contributed by atoms with Crippen molar-refractivity contribution in [2.45, 2.75) is 91.1 Å². The maximum absolute atomic E-state index is 13.3. The van der Waals surface area contributed by atoms with Crippen LogP contribution in [-0.4, -0.2) is 53.9 Å². The van der Waals surface area contributed by atoms with E-state index in [9.17, 15) is 14.4 Å². The van der Waals surface area contributed by atoms with Gasteiger partial charge in [0, 0.05) is 26.1 Å². The quantitative estimate of drug-likeness (QED) is 0.349. The number of hydrogen-bond donors (Lipinski definition) is 4. The van der Waals surface area contributed by atoms with Crippen LogP contribution >= 0.6 is 0 Å². The predicted octanol–water partition coefficient (Wildman–Crippen LogP) is 5.03. The van der Waals surface area contributed by atoms with Crippen LogP contribution < -0.4 is 16.4 Å². The van der Waals surface area contributed by atoms with Crippen LogP contribution in [0.25, 0.3) is 0 Å². The van der Waals surface area contributed by atoms with Gasteiger partial charge in [-0.05, 0) is 60.4 Å². The highest BCUT2D eigenvalue weighted by atomic mass is 16.3. The number of phenols is 1. The largest absolute Gasteiger partial charge is 0.508 e. The zero-order chi connectivity index (χ0) is 31.1. The van der Waals surface area contributed by atoms with Crippen molar-refractivity contribution in [3.8, 4) is 5.75 Å². The molecule has 1 aliphatic carbocycles. The molecule has 2 unspecified atom stereocenters. The number of benzene rings is 2. The Labute approximate surface area is 252 Å². The van der Waals surface area contributed by atoms with Gasteiger partial charge in [-0.15, -0.1) is 0 Å². The molecular weight excluding hydrogens is 528 g/mol. The average Bonchev–Trinajstić information content (AvgIpc) is 3.48. The molecule has 0 spiro atoms. The van der Waals surface area contributed by atoms with Gasteiger partial charge < -0.3 is 26.4 Å². The molecule has 8 heteroatoms. The van der Waals surface area contributed by atoms with Crippen molar-refractivity contribution in [1.82, 2.24) is 15.5 Å². The molecule has 0 aromatic heterocycles. The number of nitrogens with zero attached hydrogens (tertiary/aromatic N) is 1. The number of aryl methyl sites for hydroxylation is 2. The standard InChI is InChI=1S/C24H36N4O3.C8H10O.C2H6/c1-16-8-6-7-11-19(16)20(25)13-23(30)28-15-18(17-9-4-3-5-10-17)12-21(28)24(31)27-14-22(29)26-2;1-2-7-3-5-8(9)6-4-7;1-2/h6-8,11,17-18,20-21H,3-5,9-10,12-15,25H2,1-2H3,(H,26,29)(H,27,31);3-6,9H,2H2,1H3;1-2H3/t18?,20?,21-;;/m0../s1. The molecule has 2 aliphatic rings. The number of carbonyl (C=O) groups excluding carboxylic acids is 3. The Morgan fingerprint density at radius 1 is 1.00 bits per heavy atom. The van der Waals surface area contributed by atoms with Crippen molar-refractivity contribution in [2.24, 2.45) is 17.6 Å². The second kappa shape index (κ2) is 18.2. The Morgan fingerprint density at radius 2 is 1.64 bits per heavy atom. The van der Waals surface area contributed by atoms with E-state index in [1.54, 1.807) is 17.0 Å². The Balaban J connectivity index is 0.000000473. The van der Waals surface area contributed by atoms with E-state index in [4.69, 9.17) is 10.8 Å². The summed E-state index contributed by atoms with van der Waals surface area (Å²) in [5.41, 5.74) is 9.65. The van der Waals surface area contributed by atoms with Crippen molar-refractivity contribution in [1.29, 1.82) is 0 Å². The van der Waals surface area contributed by atoms with Crippen molar-refractivity contribution in [3.63, 3.8) is 0 Å². The molecule has 1 aliphatic heterocycles. The molecule has 42 heavy (non-hydrogen) atoms. The van der Waals surface area contributed by atoms with Gasteiger partial charge in [-0.1, -0.05) is 89.3 Å². The number of likely N-dealkylation sites (tertiary alicyclic amines) is 1. The highest BCUT2D eigenvalue weighted by Crippen LogP contribution is 2.38. The zero-order valence-corrected chi connectivity index (χ0v) is 26.2. The molecule has 2 fully saturated rings. The van der Waals surface area contributed by atoms with Gasteiger partial charge >= 0.3 is 0 Å². The lowest BCUT2D eigenvalue weighted by Gasteiger charge is -2.28. The number of rotatable bonds is 8. The van der Waals surface area contributed by atoms with Crippen LogP contribution in [0.1, 0.15) is 88.4 Å². The van der Waals surface area contributed by atoms with E-state index in [2.05, 4.69) is 17.6 Å². The van der Waals surface area contributed by atoms with Gasteiger partial charge in [-0.25, -0.2) is 0 Å². The van der Waals surface area contributed by atoms with E-state index >= 15 is 0 Å². The van der Waals surface area contributed by atoms with Gasteiger partial charge in [0.25, 0.3) is 0 Å². The molecule has 1 saturated carbocycles. The number of aromatic hydroxyl groups is 1. The number of hydrogen-bond acceptors (Lipinski definition) is 5. The van der Waals surface area contributed by atoms with Gasteiger partial charge in [-0.2, -0.15) is 0 Å². The van der Waals surface area contributed by atoms with Crippen LogP contribution in [0.5, 0.6) is 5.75 Å². The Hall–Kier alpha value is -3.39. The Morgan fingerprint density at radius 3 is 2.24 bits per heavy atom. The molecule has 0 radical (unpaired) electrons. The number of nitrogens with two attached hydrogens (primary N) is 1. The third-order valence-corrected chi connectivity index (χ3v) is 8.30. The molecule has 3 atom stereocenters. The first-order chi connectivity index (χ1) is 20.2. The first-order valence-corrected chi connectivity index (χ1v) is 15.6. The summed E-state index contributed by atoms with van der Waals surface area (Å²) in [4.78, 5) is 39.5. The van der Waals surface area contributed by atoms with Crippen LogP contribution in [0.2, 0.25) is 0 Å². The normalized spacial score (nSPS) is 19.0. The van der Waals surface area contributed by atoms with Crippen LogP contribution in [0, 0.1) is 18.8 Å². The minimum Gasteiger partial charge on any atom is -0.508 e. The van der Waals surface area contributed by atoms with Crippen LogP contribution in [0.15, 0.2) is 48.5 Å². The summed E-state index contributed by atoms with van der Waals surface area (Å²) in [6.07, 6.45) is 7.91. The van der Waals surface area contributed by atoms with E-state index in [1.807, 2.05) is 57.2 Å². The zero-order valence-electron chi connectivity index (χ0n) is 26.2. The van der Waals surface area contributed by atoms with Gasteiger partial charge in [-0.3, -0.25) is 14.4 Å². The third kappa shape index (κ3) is 10.5. The summed E-state index contributed by atoms with van der Waals surface area (Å²) >= 11 is 0. The monoisotopic (exact) mass is 580 g/mol. The van der Waals surface area contributed by atoms with E-state index in [0.717, 1.165) is 17.5 Å². The smallest absolute Gasteiger partial charge is 0.243 e. The third-order valence-electron chi connectivity index (χ3n) is 8.30. The van der Waals surface area contributed by atoms with Crippen LogP contribution in [-0.2, 0) is 20.8 Å². The summed E-state index contributed by atoms with van der Waals surface area (Å²) in [7, 11) is 1.53. The second-order valence-corrected chi connectivity index (χ2v) is 11.0. The van der Waals surface area contributed by atoms with Gasteiger partial charge in [0.15, 0.2) is 0 Å². The van der Waals surface area contributed by atoms with E-state index in [1.165, 1.54) is 44.7 Å². The van der Waals surface area contributed by atoms with Gasteiger partial charge in [0.05, 0.1) is 6.54 Å². The lowest BCUT2D eigenvalue weighted by Crippen LogP contribution is -2.48. The fourth-order valence-electron chi connectivity index (χ4n) is 5.86. The molecule has 0 bridgehead atoms. The maximum atomic E-state index is 13.3. The number of nitrogens with one attached hydrogen (secondary N) is 2.